The minimum atomic E-state index is 0.662. The van der Waals surface area contributed by atoms with Crippen molar-refractivity contribution in [3.63, 3.8) is 0 Å². The lowest BCUT2D eigenvalue weighted by Gasteiger charge is -2.03. The summed E-state index contributed by atoms with van der Waals surface area (Å²) >= 11 is 1.70. The first-order valence-electron chi connectivity index (χ1n) is 4.49. The highest BCUT2D eigenvalue weighted by Crippen LogP contribution is 2.29. The molecule has 1 nitrogen and oxygen atoms in total. The molecule has 1 aromatic rings. The molecule has 0 aliphatic heterocycles. The topological polar surface area (TPSA) is 9.23 Å². The standard InChI is InChI=1S/C10H16OS/c1-4-8(3)9-6-10(11-5-2)12-7-9/h6-8H,4-5H2,1-3H3. The van der Waals surface area contributed by atoms with Crippen LogP contribution in [0.2, 0.25) is 0 Å². The third-order valence-corrected chi connectivity index (χ3v) is 2.92. The van der Waals surface area contributed by atoms with Gasteiger partial charge in [0.1, 0.15) is 0 Å². The fourth-order valence-corrected chi connectivity index (χ4v) is 1.98. The number of rotatable bonds is 4. The van der Waals surface area contributed by atoms with Gasteiger partial charge in [0.25, 0.3) is 0 Å². The summed E-state index contributed by atoms with van der Waals surface area (Å²) in [5.41, 5.74) is 1.41. The zero-order valence-electron chi connectivity index (χ0n) is 7.96. The predicted octanol–water partition coefficient (Wildman–Crippen LogP) is 3.66. The Bertz CT molecular complexity index is 229. The van der Waals surface area contributed by atoms with Gasteiger partial charge in [-0.2, -0.15) is 0 Å². The van der Waals surface area contributed by atoms with Crippen molar-refractivity contribution in [1.82, 2.24) is 0 Å². The summed E-state index contributed by atoms with van der Waals surface area (Å²) in [6, 6.07) is 2.16. The van der Waals surface area contributed by atoms with Gasteiger partial charge in [0.15, 0.2) is 5.06 Å². The van der Waals surface area contributed by atoms with Crippen molar-refractivity contribution in [1.29, 1.82) is 0 Å². The highest BCUT2D eigenvalue weighted by molar-refractivity contribution is 7.12. The molecule has 0 saturated heterocycles. The van der Waals surface area contributed by atoms with Gasteiger partial charge in [-0.15, -0.1) is 11.3 Å². The number of thiophene rings is 1. The third-order valence-electron chi connectivity index (χ3n) is 2.06. The second-order valence-electron chi connectivity index (χ2n) is 2.94. The molecular formula is C10H16OS. The summed E-state index contributed by atoms with van der Waals surface area (Å²) in [6.07, 6.45) is 1.20. The SMILES string of the molecule is CCOc1cc(C(C)CC)cs1. The molecule has 2 heteroatoms. The average Bonchev–Trinajstić information content (AvgIpc) is 2.52. The van der Waals surface area contributed by atoms with Crippen molar-refractivity contribution in [2.75, 3.05) is 6.61 Å². The molecule has 1 rings (SSSR count). The van der Waals surface area contributed by atoms with Crippen LogP contribution in [-0.4, -0.2) is 6.61 Å². The van der Waals surface area contributed by atoms with E-state index in [2.05, 4.69) is 25.3 Å². The van der Waals surface area contributed by atoms with Gasteiger partial charge in [-0.1, -0.05) is 13.8 Å². The Hall–Kier alpha value is -0.500. The molecule has 0 aliphatic rings. The van der Waals surface area contributed by atoms with Crippen LogP contribution >= 0.6 is 11.3 Å². The predicted molar refractivity (Wildman–Crippen MR) is 54.2 cm³/mol. The van der Waals surface area contributed by atoms with Gasteiger partial charge in [0, 0.05) is 0 Å². The second kappa shape index (κ2) is 4.51. The van der Waals surface area contributed by atoms with Gasteiger partial charge < -0.3 is 4.74 Å². The minimum Gasteiger partial charge on any atom is -0.484 e. The maximum Gasteiger partial charge on any atom is 0.173 e. The molecule has 0 saturated carbocycles. The molecule has 0 N–H and O–H groups in total. The molecule has 0 aromatic carbocycles. The van der Waals surface area contributed by atoms with E-state index in [1.54, 1.807) is 11.3 Å². The van der Waals surface area contributed by atoms with Crippen molar-refractivity contribution in [3.8, 4) is 5.06 Å². The Balaban J connectivity index is 2.63. The fraction of sp³-hybridized carbons (Fsp3) is 0.600. The zero-order chi connectivity index (χ0) is 8.97. The Labute approximate surface area is 78.4 Å². The molecule has 1 heterocycles. The summed E-state index contributed by atoms with van der Waals surface area (Å²) in [6.45, 7) is 7.24. The van der Waals surface area contributed by atoms with Gasteiger partial charge in [-0.3, -0.25) is 0 Å². The van der Waals surface area contributed by atoms with E-state index in [-0.39, 0.29) is 0 Å². The summed E-state index contributed by atoms with van der Waals surface area (Å²) in [7, 11) is 0. The van der Waals surface area contributed by atoms with Crippen LogP contribution in [0.3, 0.4) is 0 Å². The average molecular weight is 184 g/mol. The molecule has 68 valence electrons. The molecule has 1 unspecified atom stereocenters. The van der Waals surface area contributed by atoms with Gasteiger partial charge in [-0.25, -0.2) is 0 Å². The highest BCUT2D eigenvalue weighted by atomic mass is 32.1. The molecule has 0 radical (unpaired) electrons. The molecule has 1 aromatic heterocycles. The summed E-state index contributed by atoms with van der Waals surface area (Å²) < 4.78 is 5.40. The summed E-state index contributed by atoms with van der Waals surface area (Å²) in [5, 5.41) is 3.24. The first-order valence-corrected chi connectivity index (χ1v) is 5.37. The smallest absolute Gasteiger partial charge is 0.173 e. The highest BCUT2D eigenvalue weighted by Gasteiger charge is 2.05. The van der Waals surface area contributed by atoms with Gasteiger partial charge in [-0.05, 0) is 36.3 Å². The fourth-order valence-electron chi connectivity index (χ4n) is 1.04. The Kier molecular flexibility index (Phi) is 3.60. The van der Waals surface area contributed by atoms with Gasteiger partial charge >= 0.3 is 0 Å². The Morgan fingerprint density at radius 2 is 2.25 bits per heavy atom. The van der Waals surface area contributed by atoms with E-state index in [9.17, 15) is 0 Å². The lowest BCUT2D eigenvalue weighted by molar-refractivity contribution is 0.350. The Morgan fingerprint density at radius 3 is 2.83 bits per heavy atom. The van der Waals surface area contributed by atoms with E-state index >= 15 is 0 Å². The van der Waals surface area contributed by atoms with Crippen LogP contribution in [0.1, 0.15) is 38.7 Å². The maximum absolute atomic E-state index is 5.40. The largest absolute Gasteiger partial charge is 0.484 e. The quantitative estimate of drug-likeness (QED) is 0.694. The molecular weight excluding hydrogens is 168 g/mol. The summed E-state index contributed by atoms with van der Waals surface area (Å²) in [5.74, 6) is 0.662. The van der Waals surface area contributed by atoms with E-state index in [0.29, 0.717) is 5.92 Å². The van der Waals surface area contributed by atoms with Crippen molar-refractivity contribution in [3.05, 3.63) is 17.0 Å². The van der Waals surface area contributed by atoms with Crippen LogP contribution < -0.4 is 4.74 Å². The van der Waals surface area contributed by atoms with Crippen molar-refractivity contribution in [2.24, 2.45) is 0 Å². The minimum absolute atomic E-state index is 0.662. The number of ether oxygens (including phenoxy) is 1. The van der Waals surface area contributed by atoms with Crippen molar-refractivity contribution >= 4 is 11.3 Å². The maximum atomic E-state index is 5.40. The molecule has 12 heavy (non-hydrogen) atoms. The van der Waals surface area contributed by atoms with Crippen LogP contribution in [0, 0.1) is 0 Å². The molecule has 1 atom stereocenters. The van der Waals surface area contributed by atoms with E-state index in [0.717, 1.165) is 11.7 Å². The van der Waals surface area contributed by atoms with Crippen LogP contribution in [0.5, 0.6) is 5.06 Å². The number of hydrogen-bond donors (Lipinski definition) is 0. The molecule has 0 bridgehead atoms. The zero-order valence-corrected chi connectivity index (χ0v) is 8.78. The second-order valence-corrected chi connectivity index (χ2v) is 3.82. The van der Waals surface area contributed by atoms with E-state index in [1.165, 1.54) is 12.0 Å². The van der Waals surface area contributed by atoms with Crippen LogP contribution in [0.4, 0.5) is 0 Å². The van der Waals surface area contributed by atoms with Crippen LogP contribution in [0.25, 0.3) is 0 Å². The molecule has 0 fully saturated rings. The third kappa shape index (κ3) is 2.24. The summed E-state index contributed by atoms with van der Waals surface area (Å²) in [4.78, 5) is 0. The first kappa shape index (κ1) is 9.59. The van der Waals surface area contributed by atoms with Crippen molar-refractivity contribution in [2.45, 2.75) is 33.1 Å². The van der Waals surface area contributed by atoms with Crippen LogP contribution in [0.15, 0.2) is 11.4 Å². The van der Waals surface area contributed by atoms with Gasteiger partial charge in [0.2, 0.25) is 0 Å². The van der Waals surface area contributed by atoms with E-state index in [4.69, 9.17) is 4.74 Å². The lowest BCUT2D eigenvalue weighted by Crippen LogP contribution is -1.89. The normalized spacial score (nSPS) is 12.9. The van der Waals surface area contributed by atoms with Crippen LogP contribution in [-0.2, 0) is 0 Å². The lowest BCUT2D eigenvalue weighted by atomic mass is 10.0. The van der Waals surface area contributed by atoms with Crippen molar-refractivity contribution < 1.29 is 4.74 Å². The Morgan fingerprint density at radius 1 is 1.50 bits per heavy atom. The first-order chi connectivity index (χ1) is 5.77. The van der Waals surface area contributed by atoms with Gasteiger partial charge in [0.05, 0.1) is 6.61 Å². The molecule has 0 amide bonds. The number of hydrogen-bond acceptors (Lipinski definition) is 2. The molecule has 0 aliphatic carbocycles. The molecule has 0 spiro atoms. The van der Waals surface area contributed by atoms with E-state index in [1.807, 2.05) is 6.92 Å². The monoisotopic (exact) mass is 184 g/mol. The van der Waals surface area contributed by atoms with E-state index < -0.39 is 0 Å².